The molecule has 2 nitrogen and oxygen atoms in total. The topological polar surface area (TPSA) is 15.3 Å². The smallest absolute Gasteiger partial charge is 0.106 e. The molecule has 1 rings (SSSR count). The van der Waals surface area contributed by atoms with Crippen LogP contribution in [0.25, 0.3) is 0 Å². The summed E-state index contributed by atoms with van der Waals surface area (Å²) >= 11 is 0. The van der Waals surface area contributed by atoms with Gasteiger partial charge in [0.05, 0.1) is 0 Å². The Morgan fingerprint density at radius 2 is 1.53 bits per heavy atom. The quantitative estimate of drug-likeness (QED) is 0.785. The lowest BCUT2D eigenvalue weighted by Crippen LogP contribution is -2.59. The van der Waals surface area contributed by atoms with Gasteiger partial charge in [0.15, 0.2) is 0 Å². The van der Waals surface area contributed by atoms with E-state index in [1.807, 2.05) is 13.8 Å². The molecule has 0 aromatic rings. The molecule has 0 amide bonds. The second-order valence-electron chi connectivity index (χ2n) is 3.92. The monoisotopic (exact) mass is 222 g/mol. The van der Waals surface area contributed by atoms with Crippen molar-refractivity contribution in [3.05, 3.63) is 0 Å². The van der Waals surface area contributed by atoms with Crippen LogP contribution >= 0.6 is 0 Å². The van der Waals surface area contributed by atoms with E-state index in [4.69, 9.17) is 0 Å². The second-order valence-corrected chi connectivity index (χ2v) is 3.92. The summed E-state index contributed by atoms with van der Waals surface area (Å²) < 4.78 is 24.8. The number of piperazine rings is 1. The fourth-order valence-corrected chi connectivity index (χ4v) is 1.69. The van der Waals surface area contributed by atoms with E-state index in [2.05, 4.69) is 24.1 Å². The maximum Gasteiger partial charge on any atom is 0.106 e. The molecule has 0 aromatic heterocycles. The molecule has 0 aliphatic carbocycles. The first kappa shape index (κ1) is 14.8. The van der Waals surface area contributed by atoms with Crippen LogP contribution in [-0.4, -0.2) is 49.5 Å². The van der Waals surface area contributed by atoms with Gasteiger partial charge in [-0.3, -0.25) is 4.90 Å². The molecule has 1 aliphatic heterocycles. The Labute approximate surface area is 92.0 Å². The molecule has 1 fully saturated rings. The predicted octanol–water partition coefficient (Wildman–Crippen LogP) is 2.00. The molecule has 1 saturated heterocycles. The van der Waals surface area contributed by atoms with Crippen LogP contribution in [0.2, 0.25) is 0 Å². The van der Waals surface area contributed by atoms with Crippen molar-refractivity contribution < 1.29 is 8.78 Å². The van der Waals surface area contributed by atoms with Crippen LogP contribution in [0, 0.1) is 0 Å². The highest BCUT2D eigenvalue weighted by Gasteiger charge is 2.27. The van der Waals surface area contributed by atoms with Crippen molar-refractivity contribution in [1.82, 2.24) is 10.2 Å². The minimum Gasteiger partial charge on any atom is -0.304 e. The predicted molar refractivity (Wildman–Crippen MR) is 60.7 cm³/mol. The van der Waals surface area contributed by atoms with Gasteiger partial charge < -0.3 is 5.32 Å². The first-order valence-corrected chi connectivity index (χ1v) is 5.79. The van der Waals surface area contributed by atoms with E-state index in [1.165, 1.54) is 0 Å². The number of alkyl halides is 2. The van der Waals surface area contributed by atoms with E-state index in [-0.39, 0.29) is 12.1 Å². The van der Waals surface area contributed by atoms with E-state index in [1.54, 1.807) is 0 Å². The normalized spacial score (nSPS) is 27.4. The van der Waals surface area contributed by atoms with E-state index < -0.39 is 13.3 Å². The third-order valence-corrected chi connectivity index (χ3v) is 2.48. The third kappa shape index (κ3) is 4.89. The Hall–Kier alpha value is -0.220. The van der Waals surface area contributed by atoms with Crippen molar-refractivity contribution in [2.24, 2.45) is 0 Å². The molecule has 1 heterocycles. The molecular formula is C11H24F2N2. The summed E-state index contributed by atoms with van der Waals surface area (Å²) in [5, 5.41) is 2.95. The number of hydrogen-bond donors (Lipinski definition) is 1. The van der Waals surface area contributed by atoms with Crippen molar-refractivity contribution in [2.75, 3.05) is 26.4 Å². The molecule has 2 atom stereocenters. The van der Waals surface area contributed by atoms with Gasteiger partial charge in [-0.1, -0.05) is 13.8 Å². The highest BCUT2D eigenvalue weighted by atomic mass is 19.1. The average molecular weight is 222 g/mol. The maximum atomic E-state index is 12.4. The minimum atomic E-state index is -0.417. The molecule has 0 aromatic carbocycles. The van der Waals surface area contributed by atoms with Gasteiger partial charge in [-0.05, 0) is 13.8 Å². The van der Waals surface area contributed by atoms with Gasteiger partial charge in [-0.15, -0.1) is 0 Å². The number of rotatable bonds is 3. The molecule has 4 heteroatoms. The summed E-state index contributed by atoms with van der Waals surface area (Å²) in [6, 6.07) is -0.0287. The first-order valence-electron chi connectivity index (χ1n) is 5.79. The van der Waals surface area contributed by atoms with Crippen LogP contribution in [0.1, 0.15) is 27.7 Å². The van der Waals surface area contributed by atoms with Gasteiger partial charge in [0.2, 0.25) is 0 Å². The zero-order valence-corrected chi connectivity index (χ0v) is 10.3. The molecule has 0 radical (unpaired) electrons. The Bertz CT molecular complexity index is 142. The van der Waals surface area contributed by atoms with Gasteiger partial charge in [0.25, 0.3) is 0 Å². The summed E-state index contributed by atoms with van der Waals surface area (Å²) in [4.78, 5) is 2.12. The summed E-state index contributed by atoms with van der Waals surface area (Å²) in [5.41, 5.74) is 0. The van der Waals surface area contributed by atoms with Crippen molar-refractivity contribution in [2.45, 2.75) is 45.8 Å². The molecule has 2 unspecified atom stereocenters. The molecule has 15 heavy (non-hydrogen) atoms. The Morgan fingerprint density at radius 1 is 1.13 bits per heavy atom. The number of hydrogen-bond acceptors (Lipinski definition) is 2. The molecular weight excluding hydrogens is 198 g/mol. The number of nitrogens with zero attached hydrogens (tertiary/aromatic N) is 1. The zero-order valence-electron chi connectivity index (χ0n) is 10.3. The zero-order chi connectivity index (χ0) is 11.8. The fraction of sp³-hybridized carbons (Fsp3) is 1.00. The molecule has 1 aliphatic rings. The highest BCUT2D eigenvalue weighted by Crippen LogP contribution is 2.09. The van der Waals surface area contributed by atoms with Crippen LogP contribution in [0.15, 0.2) is 0 Å². The largest absolute Gasteiger partial charge is 0.304 e. The van der Waals surface area contributed by atoms with Crippen LogP contribution in [0.5, 0.6) is 0 Å². The van der Waals surface area contributed by atoms with Crippen LogP contribution in [0.3, 0.4) is 0 Å². The van der Waals surface area contributed by atoms with E-state index in [0.717, 1.165) is 0 Å². The third-order valence-electron chi connectivity index (χ3n) is 2.48. The first-order chi connectivity index (χ1) is 7.17. The van der Waals surface area contributed by atoms with E-state index in [9.17, 15) is 8.78 Å². The van der Waals surface area contributed by atoms with E-state index >= 15 is 0 Å². The van der Waals surface area contributed by atoms with Crippen LogP contribution < -0.4 is 5.32 Å². The van der Waals surface area contributed by atoms with Gasteiger partial charge in [0.1, 0.15) is 13.3 Å². The average Bonchev–Trinajstić information content (AvgIpc) is 2.30. The van der Waals surface area contributed by atoms with Gasteiger partial charge in [-0.2, -0.15) is 0 Å². The minimum absolute atomic E-state index is 0.197. The van der Waals surface area contributed by atoms with Gasteiger partial charge >= 0.3 is 0 Å². The lowest BCUT2D eigenvalue weighted by molar-refractivity contribution is 0.106. The maximum absolute atomic E-state index is 12.4. The van der Waals surface area contributed by atoms with Gasteiger partial charge in [-0.25, -0.2) is 8.78 Å². The molecule has 0 spiro atoms. The molecule has 1 N–H and O–H groups in total. The Morgan fingerprint density at radius 3 is 1.80 bits per heavy atom. The molecule has 92 valence electrons. The summed E-state index contributed by atoms with van der Waals surface area (Å²) in [7, 11) is 0. The SMILES string of the molecule is CC.CC(C)N1CC(CF)NC(CF)C1. The van der Waals surface area contributed by atoms with Crippen molar-refractivity contribution in [1.29, 1.82) is 0 Å². The Balaban J connectivity index is 0.000000921. The highest BCUT2D eigenvalue weighted by molar-refractivity contribution is 4.86. The fourth-order valence-electron chi connectivity index (χ4n) is 1.69. The lowest BCUT2D eigenvalue weighted by atomic mass is 10.1. The summed E-state index contributed by atoms with van der Waals surface area (Å²) in [6.07, 6.45) is 0. The Kier molecular flexibility index (Phi) is 7.88. The molecule has 0 saturated carbocycles. The standard InChI is InChI=1S/C9H18F2N2.C2H6/c1-7(2)13-5-8(3-10)12-9(4-11)6-13;1-2/h7-9,12H,3-6H2,1-2H3;1-2H3. The number of halogens is 2. The van der Waals surface area contributed by atoms with Gasteiger partial charge in [0, 0.05) is 31.2 Å². The lowest BCUT2D eigenvalue weighted by Gasteiger charge is -2.39. The summed E-state index contributed by atoms with van der Waals surface area (Å²) in [5.74, 6) is 0. The number of nitrogens with one attached hydrogen (secondary N) is 1. The van der Waals surface area contributed by atoms with Crippen LogP contribution in [-0.2, 0) is 0 Å². The van der Waals surface area contributed by atoms with Crippen LogP contribution in [0.4, 0.5) is 8.78 Å². The summed E-state index contributed by atoms with van der Waals surface area (Å²) in [6.45, 7) is 8.64. The molecule has 0 bridgehead atoms. The van der Waals surface area contributed by atoms with E-state index in [0.29, 0.717) is 19.1 Å². The van der Waals surface area contributed by atoms with Crippen molar-refractivity contribution in [3.63, 3.8) is 0 Å². The van der Waals surface area contributed by atoms with Crippen molar-refractivity contribution in [3.8, 4) is 0 Å². The van der Waals surface area contributed by atoms with Crippen molar-refractivity contribution >= 4 is 0 Å². The second kappa shape index (κ2) is 7.99.